The molecule has 4 heteroatoms. The second-order valence-electron chi connectivity index (χ2n) is 6.95. The van der Waals surface area contributed by atoms with Crippen molar-refractivity contribution < 1.29 is 14.3 Å². The van der Waals surface area contributed by atoms with Gasteiger partial charge in [-0.25, -0.2) is 4.79 Å². The summed E-state index contributed by atoms with van der Waals surface area (Å²) in [4.78, 5) is 12.7. The van der Waals surface area contributed by atoms with E-state index in [9.17, 15) is 4.79 Å². The van der Waals surface area contributed by atoms with Gasteiger partial charge >= 0.3 is 5.97 Å². The fourth-order valence-electron chi connectivity index (χ4n) is 3.39. The lowest BCUT2D eigenvalue weighted by Gasteiger charge is -2.15. The number of hydrogen-bond donors (Lipinski definition) is 0. The Balaban J connectivity index is 2.41. The average Bonchev–Trinajstić information content (AvgIpc) is 2.76. The van der Waals surface area contributed by atoms with Crippen molar-refractivity contribution in [2.45, 2.75) is 51.9 Å². The van der Waals surface area contributed by atoms with Gasteiger partial charge in [0.2, 0.25) is 0 Å². The highest BCUT2D eigenvalue weighted by molar-refractivity contribution is 6.02. The van der Waals surface area contributed by atoms with Crippen LogP contribution in [0.2, 0.25) is 0 Å². The first-order valence-corrected chi connectivity index (χ1v) is 10.2. The summed E-state index contributed by atoms with van der Waals surface area (Å²) in [7, 11) is 1.62. The number of nitrogens with zero attached hydrogens (tertiary/aromatic N) is 1. The van der Waals surface area contributed by atoms with Gasteiger partial charge in [-0.05, 0) is 41.7 Å². The average molecular weight is 392 g/mol. The van der Waals surface area contributed by atoms with Gasteiger partial charge in [0, 0.05) is 5.57 Å². The standard InChI is InChI=1S/C25H29NO3/c1-3-4-5-6-7-11-14-23(25(27)29-19-26)24(20-12-9-8-10-13-20)21-15-17-22(28-2)18-16-21/h8-10,12-13,15-18H,3-7,11,14H2,1-2H3. The Morgan fingerprint density at radius 2 is 1.52 bits per heavy atom. The van der Waals surface area contributed by atoms with Gasteiger partial charge in [0.05, 0.1) is 7.11 Å². The molecule has 2 aromatic rings. The fraction of sp³-hybridized carbons (Fsp3) is 0.360. The molecular weight excluding hydrogens is 362 g/mol. The van der Waals surface area contributed by atoms with E-state index in [1.54, 1.807) is 7.11 Å². The van der Waals surface area contributed by atoms with Crippen molar-refractivity contribution in [3.05, 3.63) is 71.3 Å². The first-order valence-electron chi connectivity index (χ1n) is 10.2. The number of rotatable bonds is 11. The molecule has 0 unspecified atom stereocenters. The van der Waals surface area contributed by atoms with E-state index in [2.05, 4.69) is 6.92 Å². The lowest BCUT2D eigenvalue weighted by atomic mass is 9.90. The zero-order chi connectivity index (χ0) is 20.9. The smallest absolute Gasteiger partial charge is 0.350 e. The van der Waals surface area contributed by atoms with Crippen molar-refractivity contribution in [2.24, 2.45) is 0 Å². The topological polar surface area (TPSA) is 59.3 Å². The van der Waals surface area contributed by atoms with E-state index in [1.807, 2.05) is 54.6 Å². The lowest BCUT2D eigenvalue weighted by molar-refractivity contribution is -0.132. The van der Waals surface area contributed by atoms with E-state index in [4.69, 9.17) is 14.7 Å². The van der Waals surface area contributed by atoms with E-state index in [1.165, 1.54) is 25.5 Å². The van der Waals surface area contributed by atoms with Crippen molar-refractivity contribution in [3.63, 3.8) is 0 Å². The number of carbonyl (C=O) groups is 1. The van der Waals surface area contributed by atoms with Crippen LogP contribution in [0.5, 0.6) is 5.75 Å². The highest BCUT2D eigenvalue weighted by atomic mass is 16.5. The van der Waals surface area contributed by atoms with Crippen molar-refractivity contribution >= 4 is 11.5 Å². The first kappa shape index (κ1) is 22.2. The van der Waals surface area contributed by atoms with Crippen molar-refractivity contribution in [1.82, 2.24) is 0 Å². The van der Waals surface area contributed by atoms with Crippen molar-refractivity contribution in [1.29, 1.82) is 5.26 Å². The summed E-state index contributed by atoms with van der Waals surface area (Å²) in [6.45, 7) is 2.19. The highest BCUT2D eigenvalue weighted by Gasteiger charge is 2.20. The van der Waals surface area contributed by atoms with E-state index in [-0.39, 0.29) is 0 Å². The predicted octanol–water partition coefficient (Wildman–Crippen LogP) is 6.27. The van der Waals surface area contributed by atoms with Crippen LogP contribution < -0.4 is 4.74 Å². The predicted molar refractivity (Wildman–Crippen MR) is 115 cm³/mol. The monoisotopic (exact) mass is 391 g/mol. The molecule has 4 nitrogen and oxygen atoms in total. The summed E-state index contributed by atoms with van der Waals surface area (Å²) in [6.07, 6.45) is 8.84. The van der Waals surface area contributed by atoms with Gasteiger partial charge in [0.25, 0.3) is 6.26 Å². The molecule has 0 saturated heterocycles. The van der Waals surface area contributed by atoms with Crippen molar-refractivity contribution in [2.75, 3.05) is 7.11 Å². The summed E-state index contributed by atoms with van der Waals surface area (Å²) >= 11 is 0. The Kier molecular flexibility index (Phi) is 9.51. The third-order valence-electron chi connectivity index (χ3n) is 4.91. The van der Waals surface area contributed by atoms with Crippen LogP contribution in [-0.2, 0) is 9.53 Å². The minimum absolute atomic E-state index is 0.540. The molecule has 0 radical (unpaired) electrons. The molecular formula is C25H29NO3. The number of benzene rings is 2. The van der Waals surface area contributed by atoms with E-state index in [0.717, 1.165) is 41.7 Å². The van der Waals surface area contributed by atoms with Crippen LogP contribution in [0.1, 0.15) is 63.0 Å². The maximum Gasteiger partial charge on any atom is 0.350 e. The third kappa shape index (κ3) is 6.80. The van der Waals surface area contributed by atoms with Crippen LogP contribution in [0.15, 0.2) is 60.2 Å². The summed E-state index contributed by atoms with van der Waals surface area (Å²) in [5.41, 5.74) is 3.17. The van der Waals surface area contributed by atoms with E-state index in [0.29, 0.717) is 12.0 Å². The molecule has 0 spiro atoms. The number of methoxy groups -OCH3 is 1. The Morgan fingerprint density at radius 3 is 2.14 bits per heavy atom. The third-order valence-corrected chi connectivity index (χ3v) is 4.91. The van der Waals surface area contributed by atoms with Gasteiger partial charge in [-0.15, -0.1) is 5.26 Å². The van der Waals surface area contributed by atoms with Gasteiger partial charge in [-0.2, -0.15) is 0 Å². The molecule has 0 aliphatic rings. The number of unbranched alkanes of at least 4 members (excludes halogenated alkanes) is 5. The Bertz CT molecular complexity index is 833. The quantitative estimate of drug-likeness (QED) is 0.196. The number of esters is 1. The number of hydrogen-bond acceptors (Lipinski definition) is 4. The van der Waals surface area contributed by atoms with Crippen LogP contribution in [0, 0.1) is 11.5 Å². The van der Waals surface area contributed by atoms with Gasteiger partial charge < -0.3 is 9.47 Å². The van der Waals surface area contributed by atoms with E-state index >= 15 is 0 Å². The summed E-state index contributed by atoms with van der Waals surface area (Å²) in [6, 6.07) is 17.4. The molecule has 0 heterocycles. The van der Waals surface area contributed by atoms with Crippen LogP contribution in [0.4, 0.5) is 0 Å². The molecule has 152 valence electrons. The molecule has 0 amide bonds. The highest BCUT2D eigenvalue weighted by Crippen LogP contribution is 2.31. The fourth-order valence-corrected chi connectivity index (χ4v) is 3.39. The molecule has 0 fully saturated rings. The molecule has 0 saturated carbocycles. The molecule has 0 bridgehead atoms. The molecule has 0 N–H and O–H groups in total. The minimum atomic E-state index is -0.573. The second-order valence-corrected chi connectivity index (χ2v) is 6.95. The van der Waals surface area contributed by atoms with Crippen LogP contribution in [0.25, 0.3) is 5.57 Å². The maximum atomic E-state index is 12.7. The van der Waals surface area contributed by atoms with Crippen molar-refractivity contribution in [3.8, 4) is 12.0 Å². The Hall–Kier alpha value is -3.06. The number of nitriles is 1. The van der Waals surface area contributed by atoms with E-state index < -0.39 is 5.97 Å². The first-order chi connectivity index (χ1) is 14.2. The zero-order valence-electron chi connectivity index (χ0n) is 17.3. The van der Waals surface area contributed by atoms with Gasteiger partial charge in [-0.3, -0.25) is 0 Å². The van der Waals surface area contributed by atoms with Gasteiger partial charge in [0.15, 0.2) is 0 Å². The maximum absolute atomic E-state index is 12.7. The second kappa shape index (κ2) is 12.4. The Morgan fingerprint density at radius 1 is 0.897 bits per heavy atom. The molecule has 0 aliphatic carbocycles. The van der Waals surface area contributed by atoms with Crippen LogP contribution in [-0.4, -0.2) is 13.1 Å². The number of ether oxygens (including phenoxy) is 2. The molecule has 0 aromatic heterocycles. The molecule has 0 atom stereocenters. The molecule has 0 aliphatic heterocycles. The normalized spacial score (nSPS) is 11.3. The minimum Gasteiger partial charge on any atom is -0.497 e. The van der Waals surface area contributed by atoms with Crippen LogP contribution in [0.3, 0.4) is 0 Å². The summed E-state index contributed by atoms with van der Waals surface area (Å²) in [5.74, 6) is 0.175. The Labute approximate surface area is 173 Å². The molecule has 29 heavy (non-hydrogen) atoms. The molecule has 2 rings (SSSR count). The SMILES string of the molecule is CCCCCCCCC(C(=O)OC#N)=C(c1ccccc1)c1ccc(OC)cc1. The number of carbonyl (C=O) groups excluding carboxylic acids is 1. The van der Waals surface area contributed by atoms with Crippen LogP contribution >= 0.6 is 0 Å². The summed E-state index contributed by atoms with van der Waals surface area (Å²) < 4.78 is 10.0. The van der Waals surface area contributed by atoms with Gasteiger partial charge in [0.1, 0.15) is 5.75 Å². The lowest BCUT2D eigenvalue weighted by Crippen LogP contribution is -2.09. The largest absolute Gasteiger partial charge is 0.497 e. The molecule has 2 aromatic carbocycles. The van der Waals surface area contributed by atoms with Gasteiger partial charge in [-0.1, -0.05) is 81.5 Å². The zero-order valence-corrected chi connectivity index (χ0v) is 17.3. The summed E-state index contributed by atoms with van der Waals surface area (Å²) in [5, 5.41) is 8.91.